The van der Waals surface area contributed by atoms with E-state index in [9.17, 15) is 4.39 Å². The lowest BCUT2D eigenvalue weighted by Gasteiger charge is -2.34. The molecule has 0 spiro atoms. The Balaban J connectivity index is 2.19. The summed E-state index contributed by atoms with van der Waals surface area (Å²) >= 11 is 0. The summed E-state index contributed by atoms with van der Waals surface area (Å²) in [6.45, 7) is -10.5. The SMILES string of the molecule is [2H]C([2H])([2H])N1C([2H])([2H])C([2H])([2H])N(c2ccc(F)c(B3OC(C)(C)C(C)(C)O3)c2)C([2H])([2H])C1([2H])[2H]. The minimum absolute atomic E-state index is 0.163. The summed E-state index contributed by atoms with van der Waals surface area (Å²) in [6, 6.07) is 2.82. The van der Waals surface area contributed by atoms with Gasteiger partial charge in [-0.3, -0.25) is 0 Å². The van der Waals surface area contributed by atoms with E-state index in [-0.39, 0.29) is 10.4 Å². The maximum atomic E-state index is 14.8. The molecule has 0 atom stereocenters. The quantitative estimate of drug-likeness (QED) is 0.773. The molecule has 6 heteroatoms. The van der Waals surface area contributed by atoms with Gasteiger partial charge in [-0.2, -0.15) is 0 Å². The zero-order chi connectivity index (χ0) is 26.5. The zero-order valence-electron chi connectivity index (χ0n) is 24.4. The molecule has 2 aliphatic heterocycles. The highest BCUT2D eigenvalue weighted by molar-refractivity contribution is 6.62. The van der Waals surface area contributed by atoms with Crippen LogP contribution in [0.15, 0.2) is 18.2 Å². The van der Waals surface area contributed by atoms with E-state index in [0.29, 0.717) is 0 Å². The molecule has 2 fully saturated rings. The lowest BCUT2D eigenvalue weighted by Crippen LogP contribution is -2.45. The second kappa shape index (κ2) is 5.76. The average molecular weight is 331 g/mol. The molecule has 0 aliphatic carbocycles. The Morgan fingerprint density at radius 2 is 1.74 bits per heavy atom. The molecule has 0 N–H and O–H groups in total. The van der Waals surface area contributed by atoms with Crippen molar-refractivity contribution in [1.82, 2.24) is 4.90 Å². The first-order valence-electron chi connectivity index (χ1n) is 12.7. The molecule has 3 rings (SSSR count). The second-order valence-electron chi connectivity index (χ2n) is 6.41. The van der Waals surface area contributed by atoms with Crippen LogP contribution in [0.25, 0.3) is 0 Å². The maximum Gasteiger partial charge on any atom is 0.497 e. The summed E-state index contributed by atoms with van der Waals surface area (Å²) < 4.78 is 115. The summed E-state index contributed by atoms with van der Waals surface area (Å²) in [7, 11) is -1.26. The second-order valence-corrected chi connectivity index (χ2v) is 6.41. The summed E-state index contributed by atoms with van der Waals surface area (Å²) in [5.74, 6) is -0.824. The first-order chi connectivity index (χ1) is 14.9. The van der Waals surface area contributed by atoms with Crippen LogP contribution < -0.4 is 10.4 Å². The van der Waals surface area contributed by atoms with Crippen LogP contribution in [0.2, 0.25) is 0 Å². The van der Waals surface area contributed by atoms with E-state index in [1.165, 1.54) is 0 Å². The number of benzene rings is 1. The van der Waals surface area contributed by atoms with Crippen molar-refractivity contribution in [2.24, 2.45) is 0 Å². The van der Waals surface area contributed by atoms with E-state index in [4.69, 9.17) is 24.4 Å². The van der Waals surface area contributed by atoms with Gasteiger partial charge in [0.1, 0.15) is 5.82 Å². The Bertz CT molecular complexity index is 943. The van der Waals surface area contributed by atoms with Crippen LogP contribution in [0.3, 0.4) is 0 Å². The van der Waals surface area contributed by atoms with E-state index in [0.717, 1.165) is 18.2 Å². The fourth-order valence-electron chi connectivity index (χ4n) is 2.21. The molecule has 0 amide bonds. The number of halogens is 1. The van der Waals surface area contributed by atoms with Gasteiger partial charge in [0, 0.05) is 46.7 Å². The highest BCUT2D eigenvalue weighted by Crippen LogP contribution is 2.36. The predicted octanol–water partition coefficient (Wildman–Crippen LogP) is 1.88. The summed E-state index contributed by atoms with van der Waals surface area (Å²) in [5, 5.41) is 0. The van der Waals surface area contributed by atoms with Crippen molar-refractivity contribution in [2.75, 3.05) is 37.9 Å². The molecule has 2 heterocycles. The minimum atomic E-state index is -3.54. The summed E-state index contributed by atoms with van der Waals surface area (Å²) in [6.07, 6.45) is 0. The van der Waals surface area contributed by atoms with Gasteiger partial charge in [-0.25, -0.2) is 4.39 Å². The van der Waals surface area contributed by atoms with Crippen LogP contribution >= 0.6 is 0 Å². The van der Waals surface area contributed by atoms with Crippen LogP contribution in [0.4, 0.5) is 10.1 Å². The van der Waals surface area contributed by atoms with Gasteiger partial charge in [0.05, 0.1) is 16.7 Å². The number of hydrogen-bond donors (Lipinski definition) is 0. The number of hydrogen-bond acceptors (Lipinski definition) is 4. The van der Waals surface area contributed by atoms with Crippen molar-refractivity contribution >= 4 is 18.3 Å². The van der Waals surface area contributed by atoms with E-state index in [1.807, 2.05) is 0 Å². The molecular weight excluding hydrogens is 294 g/mol. The van der Waals surface area contributed by atoms with Crippen molar-refractivity contribution in [3.63, 3.8) is 0 Å². The van der Waals surface area contributed by atoms with Gasteiger partial charge in [-0.15, -0.1) is 0 Å². The molecule has 23 heavy (non-hydrogen) atoms. The van der Waals surface area contributed by atoms with Gasteiger partial charge < -0.3 is 19.1 Å². The third kappa shape index (κ3) is 3.12. The molecule has 0 radical (unpaired) electrons. The summed E-state index contributed by atoms with van der Waals surface area (Å²) in [4.78, 5) is -0.251. The number of rotatable bonds is 2. The van der Waals surface area contributed by atoms with Crippen LogP contribution in [0.1, 0.15) is 42.8 Å². The molecule has 4 nitrogen and oxygen atoms in total. The number of nitrogens with zero attached hydrogens (tertiary/aromatic N) is 2. The van der Waals surface area contributed by atoms with Gasteiger partial charge in [0.25, 0.3) is 0 Å². The monoisotopic (exact) mass is 331 g/mol. The topological polar surface area (TPSA) is 24.9 Å². The van der Waals surface area contributed by atoms with Crippen molar-refractivity contribution in [3.8, 4) is 0 Å². The summed E-state index contributed by atoms with van der Waals surface area (Å²) in [5.41, 5.74) is -2.38. The standard InChI is InChI=1S/C17H26BFN2O2/c1-16(2)17(3,4)23-18(22-16)14-12-13(6-7-15(14)19)21-10-8-20(5)9-11-21/h6-7,12H,8-11H2,1-5H3/i5D3,8D2,9D2,10D2,11D2. The first kappa shape index (κ1) is 7.85. The normalized spacial score (nSPS) is 40.7. The highest BCUT2D eigenvalue weighted by Gasteiger charge is 2.52. The molecule has 0 aromatic heterocycles. The molecule has 126 valence electrons. The smallest absolute Gasteiger partial charge is 0.399 e. The van der Waals surface area contributed by atoms with Crippen LogP contribution in [0, 0.1) is 5.82 Å². The van der Waals surface area contributed by atoms with Crippen molar-refractivity contribution in [2.45, 2.75) is 38.9 Å². The Hall–Kier alpha value is -1.11. The fourth-order valence-corrected chi connectivity index (χ4v) is 2.21. The Morgan fingerprint density at radius 1 is 1.13 bits per heavy atom. The molecule has 2 aliphatic rings. The van der Waals surface area contributed by atoms with E-state index in [1.54, 1.807) is 27.7 Å². The van der Waals surface area contributed by atoms with Crippen LogP contribution in [0.5, 0.6) is 0 Å². The Kier molecular flexibility index (Phi) is 1.97. The van der Waals surface area contributed by atoms with Gasteiger partial charge in [0.15, 0.2) is 0 Å². The lowest BCUT2D eigenvalue weighted by molar-refractivity contribution is 0.00578. The maximum absolute atomic E-state index is 14.8. The molecular formula is C17H26BFN2O2. The van der Waals surface area contributed by atoms with Crippen molar-refractivity contribution in [1.29, 1.82) is 0 Å². The highest BCUT2D eigenvalue weighted by atomic mass is 19.1. The number of piperazine rings is 1. The van der Waals surface area contributed by atoms with Crippen LogP contribution in [-0.2, 0) is 9.31 Å². The molecule has 0 bridgehead atoms. The molecule has 1 aromatic carbocycles. The number of likely N-dealkylation sites (N-methyl/N-ethyl adjacent to an activating group) is 1. The van der Waals surface area contributed by atoms with Crippen LogP contribution in [-0.4, -0.2) is 56.2 Å². The number of anilines is 1. The third-order valence-electron chi connectivity index (χ3n) is 4.29. The van der Waals surface area contributed by atoms with Gasteiger partial charge >= 0.3 is 7.12 Å². The average Bonchev–Trinajstić information content (AvgIpc) is 2.80. The molecule has 2 saturated heterocycles. The largest absolute Gasteiger partial charge is 0.497 e. The third-order valence-corrected chi connectivity index (χ3v) is 4.29. The Morgan fingerprint density at radius 3 is 2.30 bits per heavy atom. The molecule has 1 aromatic rings. The molecule has 0 saturated carbocycles. The molecule has 0 unspecified atom stereocenters. The minimum Gasteiger partial charge on any atom is -0.399 e. The Labute approximate surface area is 154 Å². The van der Waals surface area contributed by atoms with E-state index < -0.39 is 67.7 Å². The van der Waals surface area contributed by atoms with Crippen molar-refractivity contribution in [3.05, 3.63) is 24.0 Å². The fraction of sp³-hybridized carbons (Fsp3) is 0.647. The van der Waals surface area contributed by atoms with Gasteiger partial charge in [-0.05, 0) is 52.9 Å². The van der Waals surface area contributed by atoms with Crippen molar-refractivity contribution < 1.29 is 28.8 Å². The van der Waals surface area contributed by atoms with Gasteiger partial charge in [-0.1, -0.05) is 0 Å². The van der Waals surface area contributed by atoms with Gasteiger partial charge in [0.2, 0.25) is 0 Å². The zero-order valence-corrected chi connectivity index (χ0v) is 13.4. The first-order valence-corrected chi connectivity index (χ1v) is 7.19. The van der Waals surface area contributed by atoms with E-state index >= 15 is 0 Å². The van der Waals surface area contributed by atoms with E-state index in [2.05, 4.69) is 0 Å². The predicted molar refractivity (Wildman–Crippen MR) is 91.8 cm³/mol. The lowest BCUT2D eigenvalue weighted by atomic mass is 9.78.